The molecule has 7 aromatic rings. The van der Waals surface area contributed by atoms with E-state index in [9.17, 15) is 0 Å². The molecule has 180 valence electrons. The van der Waals surface area contributed by atoms with Crippen molar-refractivity contribution in [2.24, 2.45) is 0 Å². The minimum Gasteiger partial charge on any atom is -0.255 e. The molecule has 0 atom stereocenters. The van der Waals surface area contributed by atoms with Crippen molar-refractivity contribution < 1.29 is 0 Å². The Labute approximate surface area is 227 Å². The Hall–Kier alpha value is -5.16. The third kappa shape index (κ3) is 4.34. The van der Waals surface area contributed by atoms with Crippen LogP contribution in [0.3, 0.4) is 0 Å². The fourth-order valence-corrected chi connectivity index (χ4v) is 4.94. The number of aromatic nitrogens is 4. The fraction of sp³-hybridized carbons (Fsp3) is 0. The van der Waals surface area contributed by atoms with E-state index in [0.29, 0.717) is 17.5 Å². The van der Waals surface area contributed by atoms with E-state index in [2.05, 4.69) is 48.5 Å². The molecular weight excluding hydrogens is 475 g/mol. The van der Waals surface area contributed by atoms with E-state index in [-0.39, 0.29) is 0 Å². The Kier molecular flexibility index (Phi) is 5.67. The summed E-state index contributed by atoms with van der Waals surface area (Å²) >= 11 is 0. The molecule has 2 aromatic heterocycles. The summed E-state index contributed by atoms with van der Waals surface area (Å²) in [5.74, 6) is 1.83. The molecule has 0 fully saturated rings. The monoisotopic (exact) mass is 496 g/mol. The molecule has 0 aliphatic rings. The summed E-state index contributed by atoms with van der Waals surface area (Å²) in [6, 6.07) is 40.7. The van der Waals surface area contributed by atoms with E-state index in [1.807, 2.05) is 79.0 Å². The molecule has 0 saturated carbocycles. The van der Waals surface area contributed by atoms with Crippen LogP contribution in [0.4, 0.5) is 0 Å². The van der Waals surface area contributed by atoms with Crippen molar-refractivity contribution in [2.45, 2.75) is 0 Å². The largest absolute Gasteiger partial charge is 0.255 e. The van der Waals surface area contributed by atoms with Gasteiger partial charge in [-0.05, 0) is 33.7 Å². The summed E-state index contributed by atoms with van der Waals surface area (Å²) in [6.07, 6.45) is 1.82. The Balaban J connectivity index is 1.42. The lowest BCUT2D eigenvalue weighted by atomic mass is 9.95. The molecule has 0 amide bonds. The molecule has 0 aliphatic carbocycles. The highest BCUT2D eigenvalue weighted by Crippen LogP contribution is 2.32. The highest BCUT2D eigenvalue weighted by molar-refractivity contribution is 6.32. The highest BCUT2D eigenvalue weighted by Gasteiger charge is 2.16. The van der Waals surface area contributed by atoms with Crippen molar-refractivity contribution in [3.05, 3.63) is 128 Å². The van der Waals surface area contributed by atoms with Gasteiger partial charge in [0.2, 0.25) is 0 Å². The van der Waals surface area contributed by atoms with Crippen molar-refractivity contribution in [3.63, 3.8) is 0 Å². The molecule has 0 bridgehead atoms. The van der Waals surface area contributed by atoms with E-state index in [4.69, 9.17) is 27.8 Å². The third-order valence-corrected chi connectivity index (χ3v) is 6.92. The average molecular weight is 496 g/mol. The van der Waals surface area contributed by atoms with Crippen LogP contribution in [0.5, 0.6) is 0 Å². The molecule has 0 unspecified atom stereocenters. The molecule has 0 saturated heterocycles. The molecule has 4 nitrogen and oxygen atoms in total. The molecular formula is C34H21BN4. The van der Waals surface area contributed by atoms with Gasteiger partial charge in [-0.3, -0.25) is 4.98 Å². The summed E-state index contributed by atoms with van der Waals surface area (Å²) in [5.41, 5.74) is 5.33. The number of benzene rings is 5. The molecule has 39 heavy (non-hydrogen) atoms. The zero-order valence-corrected chi connectivity index (χ0v) is 21.0. The quantitative estimate of drug-likeness (QED) is 0.246. The van der Waals surface area contributed by atoms with Crippen molar-refractivity contribution in [3.8, 4) is 45.4 Å². The van der Waals surface area contributed by atoms with Crippen molar-refractivity contribution in [1.29, 1.82) is 0 Å². The van der Waals surface area contributed by atoms with E-state index in [0.717, 1.165) is 55.0 Å². The molecule has 5 heteroatoms. The van der Waals surface area contributed by atoms with E-state index in [1.165, 1.54) is 0 Å². The summed E-state index contributed by atoms with van der Waals surface area (Å²) < 4.78 is 0. The van der Waals surface area contributed by atoms with Crippen LogP contribution in [0, 0.1) is 0 Å². The van der Waals surface area contributed by atoms with E-state index < -0.39 is 0 Å². The number of nitrogens with zero attached hydrogens (tertiary/aromatic N) is 4. The average Bonchev–Trinajstić information content (AvgIpc) is 3.01. The first kappa shape index (κ1) is 23.0. The maximum Gasteiger partial charge on any atom is 0.165 e. The van der Waals surface area contributed by atoms with Gasteiger partial charge in [0, 0.05) is 28.5 Å². The Morgan fingerprint density at radius 3 is 1.51 bits per heavy atom. The second-order valence-electron chi connectivity index (χ2n) is 9.41. The van der Waals surface area contributed by atoms with Crippen LogP contribution in [0.25, 0.3) is 67.0 Å². The van der Waals surface area contributed by atoms with Crippen LogP contribution < -0.4 is 5.46 Å². The summed E-state index contributed by atoms with van der Waals surface area (Å²) in [5, 5.41) is 4.46. The topological polar surface area (TPSA) is 51.6 Å². The smallest absolute Gasteiger partial charge is 0.165 e. The van der Waals surface area contributed by atoms with Crippen LogP contribution >= 0.6 is 0 Å². The van der Waals surface area contributed by atoms with E-state index >= 15 is 0 Å². The lowest BCUT2D eigenvalue weighted by Gasteiger charge is -2.12. The second kappa shape index (κ2) is 9.62. The van der Waals surface area contributed by atoms with Gasteiger partial charge in [0.15, 0.2) is 17.5 Å². The Morgan fingerprint density at radius 2 is 0.949 bits per heavy atom. The number of hydrogen-bond donors (Lipinski definition) is 0. The lowest BCUT2D eigenvalue weighted by molar-refractivity contribution is 1.07. The van der Waals surface area contributed by atoms with Crippen molar-refractivity contribution >= 4 is 34.9 Å². The van der Waals surface area contributed by atoms with Crippen LogP contribution in [0.1, 0.15) is 0 Å². The summed E-state index contributed by atoms with van der Waals surface area (Å²) in [7, 11) is 5.86. The maximum atomic E-state index is 5.86. The fourth-order valence-electron chi connectivity index (χ4n) is 4.94. The molecule has 0 N–H and O–H groups in total. The molecule has 0 spiro atoms. The van der Waals surface area contributed by atoms with Gasteiger partial charge < -0.3 is 0 Å². The Bertz CT molecular complexity index is 1860. The zero-order valence-electron chi connectivity index (χ0n) is 21.0. The first-order valence-corrected chi connectivity index (χ1v) is 12.8. The predicted molar refractivity (Wildman–Crippen MR) is 160 cm³/mol. The standard InChI is InChI=1S/C34H21BN4/c35-26-18-15-24(16-19-26)31-20-17-25(21-36-31)32-37-33(29-13-5-9-22-7-1-3-11-27(22)29)39-34(38-32)30-14-6-10-23-8-2-4-12-28(23)30/h1-21H. The first-order chi connectivity index (χ1) is 19.2. The lowest BCUT2D eigenvalue weighted by Crippen LogP contribution is -2.01. The zero-order chi connectivity index (χ0) is 26.2. The van der Waals surface area contributed by atoms with Crippen molar-refractivity contribution in [2.75, 3.05) is 0 Å². The van der Waals surface area contributed by atoms with Gasteiger partial charge in [-0.1, -0.05) is 115 Å². The minimum atomic E-state index is 0.576. The van der Waals surface area contributed by atoms with Gasteiger partial charge in [-0.15, -0.1) is 0 Å². The Morgan fingerprint density at radius 1 is 0.436 bits per heavy atom. The van der Waals surface area contributed by atoms with Gasteiger partial charge in [0.25, 0.3) is 0 Å². The predicted octanol–water partition coefficient (Wildman–Crippen LogP) is 7.03. The maximum absolute atomic E-state index is 5.86. The molecule has 2 heterocycles. The van der Waals surface area contributed by atoms with Gasteiger partial charge >= 0.3 is 0 Å². The van der Waals surface area contributed by atoms with Gasteiger partial charge in [0.1, 0.15) is 7.85 Å². The summed E-state index contributed by atoms with van der Waals surface area (Å²) in [4.78, 5) is 19.7. The number of rotatable bonds is 4. The number of pyridine rings is 1. The SMILES string of the molecule is [B]c1ccc(-c2ccc(-c3nc(-c4cccc5ccccc45)nc(-c4cccc5ccccc45)n3)cn2)cc1. The molecule has 7 rings (SSSR count). The van der Waals surface area contributed by atoms with Crippen LogP contribution in [-0.4, -0.2) is 27.8 Å². The highest BCUT2D eigenvalue weighted by atomic mass is 15.0. The number of fused-ring (bicyclic) bond motifs is 2. The van der Waals surface area contributed by atoms with Crippen molar-refractivity contribution in [1.82, 2.24) is 19.9 Å². The summed E-state index contributed by atoms with van der Waals surface area (Å²) in [6.45, 7) is 0. The van der Waals surface area contributed by atoms with Gasteiger partial charge in [-0.25, -0.2) is 15.0 Å². The van der Waals surface area contributed by atoms with Gasteiger partial charge in [-0.2, -0.15) is 0 Å². The molecule has 0 aliphatic heterocycles. The minimum absolute atomic E-state index is 0.576. The van der Waals surface area contributed by atoms with E-state index in [1.54, 1.807) is 0 Å². The normalized spacial score (nSPS) is 11.2. The van der Waals surface area contributed by atoms with Crippen LogP contribution in [-0.2, 0) is 0 Å². The first-order valence-electron chi connectivity index (χ1n) is 12.8. The third-order valence-electron chi connectivity index (χ3n) is 6.92. The second-order valence-corrected chi connectivity index (χ2v) is 9.41. The van der Waals surface area contributed by atoms with Gasteiger partial charge in [0.05, 0.1) is 5.69 Å². The van der Waals surface area contributed by atoms with Crippen LogP contribution in [0.2, 0.25) is 0 Å². The van der Waals surface area contributed by atoms with Crippen LogP contribution in [0.15, 0.2) is 128 Å². The molecule has 5 aromatic carbocycles. The number of hydrogen-bond acceptors (Lipinski definition) is 4. The molecule has 2 radical (unpaired) electrons.